The quantitative estimate of drug-likeness (QED) is 0.143. The number of carbonyl (C=O) groups excluding carboxylic acids is 1. The minimum atomic E-state index is -5.08. The fourth-order valence-electron chi connectivity index (χ4n) is 6.36. The van der Waals surface area contributed by atoms with E-state index in [9.17, 15) is 22.5 Å². The SMILES string of the molecule is CCc1cc(Nc2ncc(Br)c(Nc3ccc4nccnc4c3P(C)(C)=O)n2)c(OC)cc1N1CCC(N2CCCCOC2=O)CC1.O=C(O)C(F)(F)F. The highest BCUT2D eigenvalue weighted by molar-refractivity contribution is 9.10. The number of carboxylic acid groups (broad SMARTS) is 1. The maximum atomic E-state index is 13.4. The molecule has 2 fully saturated rings. The smallest absolute Gasteiger partial charge is 0.490 e. The number of aliphatic carboxylic acids is 1. The number of halogens is 4. The first-order valence-electron chi connectivity index (χ1n) is 17.2. The van der Waals surface area contributed by atoms with E-state index in [2.05, 4.69) is 65.5 Å². The second-order valence-corrected chi connectivity index (χ2v) is 17.0. The summed E-state index contributed by atoms with van der Waals surface area (Å²) in [7, 11) is -1.10. The van der Waals surface area contributed by atoms with Crippen LogP contribution in [0.3, 0.4) is 0 Å². The van der Waals surface area contributed by atoms with Gasteiger partial charge >= 0.3 is 18.2 Å². The van der Waals surface area contributed by atoms with Crippen molar-refractivity contribution in [3.05, 3.63) is 52.9 Å². The number of hydrogen-bond donors (Lipinski definition) is 3. The number of nitrogens with one attached hydrogen (secondary N) is 2. The summed E-state index contributed by atoms with van der Waals surface area (Å²) in [6.07, 6.45) is 4.14. The molecule has 14 nitrogen and oxygen atoms in total. The average molecular weight is 838 g/mol. The molecule has 2 aliphatic rings. The van der Waals surface area contributed by atoms with E-state index < -0.39 is 19.3 Å². The van der Waals surface area contributed by atoms with Gasteiger partial charge in [0, 0.05) is 56.0 Å². The average Bonchev–Trinajstić information content (AvgIpc) is 3.36. The van der Waals surface area contributed by atoms with Crippen molar-refractivity contribution in [1.82, 2.24) is 24.8 Å². The molecule has 0 saturated carbocycles. The van der Waals surface area contributed by atoms with Crippen LogP contribution < -0.4 is 25.6 Å². The molecular formula is C35H41BrF3N8O6P. The van der Waals surface area contributed by atoms with E-state index in [0.717, 1.165) is 63.1 Å². The largest absolute Gasteiger partial charge is 0.494 e. The van der Waals surface area contributed by atoms with Crippen molar-refractivity contribution < 1.29 is 41.9 Å². The topological polar surface area (TPSA) is 172 Å². The second-order valence-electron chi connectivity index (χ2n) is 12.9. The summed E-state index contributed by atoms with van der Waals surface area (Å²) in [6.45, 7) is 8.54. The maximum Gasteiger partial charge on any atom is 0.490 e. The van der Waals surface area contributed by atoms with Crippen LogP contribution in [0, 0.1) is 0 Å². The lowest BCUT2D eigenvalue weighted by atomic mass is 10.00. The number of anilines is 5. The lowest BCUT2D eigenvalue weighted by Crippen LogP contribution is -2.47. The van der Waals surface area contributed by atoms with Crippen LogP contribution in [0.15, 0.2) is 47.3 Å². The van der Waals surface area contributed by atoms with Gasteiger partial charge in [0.1, 0.15) is 24.2 Å². The number of ether oxygens (including phenoxy) is 2. The highest BCUT2D eigenvalue weighted by atomic mass is 79.9. The Hall–Kier alpha value is -4.70. The van der Waals surface area contributed by atoms with Gasteiger partial charge in [-0.25, -0.2) is 14.6 Å². The summed E-state index contributed by atoms with van der Waals surface area (Å²) >= 11 is 3.57. The lowest BCUT2D eigenvalue weighted by Gasteiger charge is -2.39. The van der Waals surface area contributed by atoms with Crippen LogP contribution in [0.5, 0.6) is 5.75 Å². The molecule has 54 heavy (non-hydrogen) atoms. The third kappa shape index (κ3) is 9.69. The molecule has 2 saturated heterocycles. The molecule has 0 atom stereocenters. The highest BCUT2D eigenvalue weighted by Crippen LogP contribution is 2.42. The van der Waals surface area contributed by atoms with Crippen LogP contribution >= 0.6 is 23.1 Å². The number of piperidine rings is 1. The van der Waals surface area contributed by atoms with E-state index in [0.29, 0.717) is 50.6 Å². The number of carbonyl (C=O) groups is 2. The third-order valence-corrected chi connectivity index (χ3v) is 11.0. The van der Waals surface area contributed by atoms with Gasteiger partial charge < -0.3 is 39.6 Å². The zero-order valence-corrected chi connectivity index (χ0v) is 32.6. The molecule has 1 amide bonds. The van der Waals surface area contributed by atoms with Crippen molar-refractivity contribution >= 4 is 80.3 Å². The number of carboxylic acids is 1. The Kier molecular flexibility index (Phi) is 12.9. The second kappa shape index (κ2) is 17.2. The molecule has 290 valence electrons. The van der Waals surface area contributed by atoms with E-state index in [1.165, 1.54) is 5.56 Å². The summed E-state index contributed by atoms with van der Waals surface area (Å²) in [5, 5.41) is 14.4. The molecule has 0 aliphatic carbocycles. The van der Waals surface area contributed by atoms with E-state index in [1.807, 2.05) is 17.0 Å². The molecule has 0 spiro atoms. The van der Waals surface area contributed by atoms with Crippen molar-refractivity contribution in [1.29, 1.82) is 0 Å². The number of aryl methyl sites for hydroxylation is 1. The van der Waals surface area contributed by atoms with Gasteiger partial charge in [-0.05, 0) is 85.1 Å². The number of nitrogens with zero attached hydrogens (tertiary/aromatic N) is 6. The minimum Gasteiger partial charge on any atom is -0.494 e. The molecule has 0 bridgehead atoms. The zero-order valence-electron chi connectivity index (χ0n) is 30.1. The van der Waals surface area contributed by atoms with Crippen LogP contribution in [0.1, 0.15) is 38.2 Å². The van der Waals surface area contributed by atoms with Gasteiger partial charge in [0.25, 0.3) is 0 Å². The number of alkyl halides is 3. The fourth-order valence-corrected chi connectivity index (χ4v) is 8.04. The minimum absolute atomic E-state index is 0.177. The predicted molar refractivity (Wildman–Crippen MR) is 204 cm³/mol. The van der Waals surface area contributed by atoms with Gasteiger partial charge in [-0.15, -0.1) is 0 Å². The Morgan fingerprint density at radius 3 is 2.43 bits per heavy atom. The number of fused-ring (bicyclic) bond motifs is 1. The first-order valence-corrected chi connectivity index (χ1v) is 20.5. The predicted octanol–water partition coefficient (Wildman–Crippen LogP) is 7.32. The Balaban J connectivity index is 0.000000730. The van der Waals surface area contributed by atoms with E-state index in [-0.39, 0.29) is 12.1 Å². The molecule has 6 rings (SSSR count). The van der Waals surface area contributed by atoms with Gasteiger partial charge in [-0.2, -0.15) is 18.2 Å². The molecule has 0 radical (unpaired) electrons. The Morgan fingerprint density at radius 1 is 1.07 bits per heavy atom. The molecule has 2 aliphatic heterocycles. The Labute approximate surface area is 318 Å². The van der Waals surface area contributed by atoms with Gasteiger partial charge in [0.2, 0.25) is 5.95 Å². The summed E-state index contributed by atoms with van der Waals surface area (Å²) in [4.78, 5) is 43.9. The van der Waals surface area contributed by atoms with E-state index in [4.69, 9.17) is 24.4 Å². The van der Waals surface area contributed by atoms with Crippen molar-refractivity contribution in [2.24, 2.45) is 0 Å². The Morgan fingerprint density at radius 2 is 1.78 bits per heavy atom. The van der Waals surface area contributed by atoms with Gasteiger partial charge in [-0.1, -0.05) is 6.92 Å². The molecule has 4 heterocycles. The highest BCUT2D eigenvalue weighted by Gasteiger charge is 2.38. The third-order valence-electron chi connectivity index (χ3n) is 8.92. The van der Waals surface area contributed by atoms with Crippen LogP contribution in [0.2, 0.25) is 0 Å². The van der Waals surface area contributed by atoms with Gasteiger partial charge in [0.05, 0.1) is 40.4 Å². The number of benzene rings is 2. The van der Waals surface area contributed by atoms with Crippen LogP contribution in [0.25, 0.3) is 11.0 Å². The lowest BCUT2D eigenvalue weighted by molar-refractivity contribution is -0.192. The number of aromatic nitrogens is 4. The van der Waals surface area contributed by atoms with Crippen molar-refractivity contribution in [2.75, 3.05) is 62.2 Å². The first-order chi connectivity index (χ1) is 25.6. The van der Waals surface area contributed by atoms with Crippen LogP contribution in [-0.2, 0) is 20.5 Å². The van der Waals surface area contributed by atoms with Crippen molar-refractivity contribution in [3.63, 3.8) is 0 Å². The zero-order chi connectivity index (χ0) is 39.2. The number of methoxy groups -OCH3 is 1. The van der Waals surface area contributed by atoms with Crippen LogP contribution in [-0.4, -0.2) is 101 Å². The number of amides is 1. The van der Waals surface area contributed by atoms with Crippen molar-refractivity contribution in [2.45, 2.75) is 51.2 Å². The fraction of sp³-hybridized carbons (Fsp3) is 0.429. The van der Waals surface area contributed by atoms with E-state index in [1.54, 1.807) is 39.0 Å². The van der Waals surface area contributed by atoms with Crippen LogP contribution in [0.4, 0.5) is 46.8 Å². The van der Waals surface area contributed by atoms with Gasteiger partial charge in [-0.3, -0.25) is 9.97 Å². The summed E-state index contributed by atoms with van der Waals surface area (Å²) in [6, 6.07) is 8.06. The molecule has 3 N–H and O–H groups in total. The van der Waals surface area contributed by atoms with E-state index >= 15 is 0 Å². The Bertz CT molecular complexity index is 2040. The molecule has 0 unspecified atom stereocenters. The summed E-state index contributed by atoms with van der Waals surface area (Å²) < 4.78 is 57.1. The molecule has 2 aromatic heterocycles. The van der Waals surface area contributed by atoms with Gasteiger partial charge in [0.15, 0.2) is 0 Å². The molecular weight excluding hydrogens is 796 g/mol. The molecule has 4 aromatic rings. The number of rotatable bonds is 9. The molecule has 19 heteroatoms. The molecule has 2 aromatic carbocycles. The monoisotopic (exact) mass is 836 g/mol. The number of cyclic esters (lactones) is 1. The summed E-state index contributed by atoms with van der Waals surface area (Å²) in [5.74, 6) is -1.22. The normalized spacial score (nSPS) is 15.5. The first kappa shape index (κ1) is 40.5. The van der Waals surface area contributed by atoms with Crippen molar-refractivity contribution in [3.8, 4) is 5.75 Å². The maximum absolute atomic E-state index is 13.4. The number of hydrogen-bond acceptors (Lipinski definition) is 12. The summed E-state index contributed by atoms with van der Waals surface area (Å²) in [5.41, 5.74) is 4.95. The standard InChI is InChI=1S/C33H40BrN8O4P.C2HF3O2/c1-5-21-18-26(28(45-2)19-27(21)41-15-10-22(11-16-41)42-14-6-7-17-46-33(42)43)39-32-37-20-23(34)31(40-32)38-25-9-8-24-29(36-13-12-35-24)30(25)47(3,4)44;3-2(4,5)1(6)7/h8-9,12-13,18-20,22H,5-7,10-11,14-17H2,1-4H3,(H2,37,38,39,40);(H,6,7).